The van der Waals surface area contributed by atoms with Crippen molar-refractivity contribution in [3.05, 3.63) is 36.0 Å². The van der Waals surface area contributed by atoms with E-state index in [0.29, 0.717) is 18.7 Å². The largest absolute Gasteiger partial charge is 0.351 e. The number of hydrogen-bond acceptors (Lipinski definition) is 4. The van der Waals surface area contributed by atoms with Crippen LogP contribution < -0.4 is 10.6 Å². The number of likely N-dealkylation sites (tertiary alicyclic amines) is 1. The van der Waals surface area contributed by atoms with Crippen LogP contribution in [0.3, 0.4) is 0 Å². The van der Waals surface area contributed by atoms with Crippen LogP contribution in [0, 0.1) is 28.6 Å². The van der Waals surface area contributed by atoms with Gasteiger partial charge in [0, 0.05) is 17.4 Å². The molecule has 2 aromatic rings. The third kappa shape index (κ3) is 5.15. The summed E-state index contributed by atoms with van der Waals surface area (Å²) in [6, 6.07) is 7.30. The van der Waals surface area contributed by atoms with Crippen LogP contribution in [0.15, 0.2) is 30.3 Å². The molecule has 4 rings (SSSR count). The Kier molecular flexibility index (Phi) is 6.99. The Hall–Kier alpha value is -3.16. The highest BCUT2D eigenvalue weighted by Crippen LogP contribution is 2.65. The first-order chi connectivity index (χ1) is 17.3. The summed E-state index contributed by atoms with van der Waals surface area (Å²) in [7, 11) is 0. The second-order valence-corrected chi connectivity index (χ2v) is 12.8. The zero-order chi connectivity index (χ0) is 27.3. The molecule has 3 N–H and O–H groups in total. The molecule has 8 nitrogen and oxygen atoms in total. The van der Waals surface area contributed by atoms with Gasteiger partial charge in [-0.2, -0.15) is 0 Å². The van der Waals surface area contributed by atoms with Gasteiger partial charge in [0.05, 0.1) is 6.04 Å². The van der Waals surface area contributed by atoms with Gasteiger partial charge in [-0.05, 0) is 47.1 Å². The quantitative estimate of drug-likeness (QED) is 0.474. The van der Waals surface area contributed by atoms with Crippen molar-refractivity contribution in [2.75, 3.05) is 6.54 Å². The van der Waals surface area contributed by atoms with E-state index in [-0.39, 0.29) is 40.9 Å². The molecule has 0 spiro atoms. The van der Waals surface area contributed by atoms with E-state index in [1.165, 1.54) is 0 Å². The summed E-state index contributed by atoms with van der Waals surface area (Å²) in [5, 5.41) is 6.75. The monoisotopic (exact) mass is 508 g/mol. The highest BCUT2D eigenvalue weighted by atomic mass is 16.2. The number of nitrogens with zero attached hydrogens (tertiary/aromatic N) is 1. The molecule has 1 saturated carbocycles. The lowest BCUT2D eigenvalue weighted by atomic mass is 9.87. The Morgan fingerprint density at radius 2 is 1.84 bits per heavy atom. The molecule has 1 aliphatic carbocycles. The highest BCUT2D eigenvalue weighted by Gasteiger charge is 2.69. The molecule has 37 heavy (non-hydrogen) atoms. The predicted octanol–water partition coefficient (Wildman–Crippen LogP) is 3.53. The zero-order valence-electron chi connectivity index (χ0n) is 22.9. The number of piperidine rings is 1. The van der Waals surface area contributed by atoms with E-state index in [4.69, 9.17) is 0 Å². The highest BCUT2D eigenvalue weighted by molar-refractivity contribution is 6.01. The van der Waals surface area contributed by atoms with E-state index in [0.717, 1.165) is 17.2 Å². The average Bonchev–Trinajstić information content (AvgIpc) is 3.21. The van der Waals surface area contributed by atoms with E-state index >= 15 is 0 Å². The SMILES string of the molecule is CC(C)C[C@H](NC(=O)c1cc2ccccc2[nH]1)C(=O)N1C[C@H]2[C@@H]([C@H]1C(=O)N[C@H](C=O)C(C)(C)C)C2(C)C. The summed E-state index contributed by atoms with van der Waals surface area (Å²) >= 11 is 0. The number of aromatic amines is 1. The Morgan fingerprint density at radius 1 is 1.16 bits per heavy atom. The van der Waals surface area contributed by atoms with Gasteiger partial charge in [-0.25, -0.2) is 0 Å². The lowest BCUT2D eigenvalue weighted by Crippen LogP contribution is -2.58. The molecule has 1 aliphatic heterocycles. The maximum Gasteiger partial charge on any atom is 0.268 e. The Labute approximate surface area is 218 Å². The number of para-hydroxylation sites is 1. The van der Waals surface area contributed by atoms with Gasteiger partial charge in [-0.3, -0.25) is 14.4 Å². The van der Waals surface area contributed by atoms with E-state index in [1.54, 1.807) is 11.0 Å². The molecule has 0 radical (unpaired) electrons. The van der Waals surface area contributed by atoms with Gasteiger partial charge in [-0.15, -0.1) is 0 Å². The van der Waals surface area contributed by atoms with Crippen molar-refractivity contribution in [2.45, 2.75) is 73.0 Å². The molecule has 1 aromatic carbocycles. The fourth-order valence-electron chi connectivity index (χ4n) is 5.83. The van der Waals surface area contributed by atoms with Gasteiger partial charge in [-0.1, -0.05) is 66.7 Å². The lowest BCUT2D eigenvalue weighted by molar-refractivity contribution is -0.142. The van der Waals surface area contributed by atoms with E-state index < -0.39 is 23.5 Å². The summed E-state index contributed by atoms with van der Waals surface area (Å²) < 4.78 is 0. The van der Waals surface area contributed by atoms with Crippen LogP contribution in [0.25, 0.3) is 10.9 Å². The molecule has 5 atom stereocenters. The van der Waals surface area contributed by atoms with Crippen LogP contribution in [0.1, 0.15) is 65.4 Å². The minimum absolute atomic E-state index is 0.0211. The molecule has 2 heterocycles. The number of rotatable bonds is 8. The van der Waals surface area contributed by atoms with Crippen LogP contribution in [0.5, 0.6) is 0 Å². The van der Waals surface area contributed by atoms with Crippen molar-refractivity contribution in [1.29, 1.82) is 0 Å². The van der Waals surface area contributed by atoms with Crippen LogP contribution in [-0.4, -0.2) is 58.6 Å². The van der Waals surface area contributed by atoms with Gasteiger partial charge >= 0.3 is 0 Å². The van der Waals surface area contributed by atoms with E-state index in [2.05, 4.69) is 29.5 Å². The number of aldehydes is 1. The molecule has 3 amide bonds. The number of amides is 3. The molecule has 0 unspecified atom stereocenters. The molecular formula is C29H40N4O4. The van der Waals surface area contributed by atoms with Crippen molar-refractivity contribution >= 4 is 34.9 Å². The number of carbonyl (C=O) groups excluding carboxylic acids is 4. The lowest BCUT2D eigenvalue weighted by Gasteiger charge is -2.35. The number of aromatic nitrogens is 1. The second-order valence-electron chi connectivity index (χ2n) is 12.8. The summed E-state index contributed by atoms with van der Waals surface area (Å²) in [5.41, 5.74) is 0.734. The first-order valence-corrected chi connectivity index (χ1v) is 13.2. The van der Waals surface area contributed by atoms with E-state index in [9.17, 15) is 19.2 Å². The number of nitrogens with one attached hydrogen (secondary N) is 3. The Morgan fingerprint density at radius 3 is 2.43 bits per heavy atom. The van der Waals surface area contributed by atoms with Crippen LogP contribution in [0.2, 0.25) is 0 Å². The first-order valence-electron chi connectivity index (χ1n) is 13.2. The molecule has 2 aliphatic rings. The fraction of sp³-hybridized carbons (Fsp3) is 0.586. The number of H-pyrrole nitrogens is 1. The Bertz CT molecular complexity index is 1170. The van der Waals surface area contributed by atoms with Gasteiger partial charge in [0.25, 0.3) is 5.91 Å². The average molecular weight is 509 g/mol. The van der Waals surface area contributed by atoms with Gasteiger partial charge in [0.15, 0.2) is 0 Å². The normalized spacial score (nSPS) is 23.9. The standard InChI is InChI=1S/C29H40N4O4/c1-16(2)12-21(31-25(35)20-13-17-10-8-9-11-19(17)30-20)27(37)33-14-18-23(29(18,6)7)24(33)26(36)32-22(15-34)28(3,4)5/h8-11,13,15-16,18,21-24,30H,12,14H2,1-7H3,(H,31,35)(H,32,36)/t18-,21-,22+,23-,24-/m0/s1. The van der Waals surface area contributed by atoms with E-state index in [1.807, 2.05) is 58.9 Å². The summed E-state index contributed by atoms with van der Waals surface area (Å²) in [5.74, 6) is -0.523. The van der Waals surface area contributed by atoms with Crippen molar-refractivity contribution in [1.82, 2.24) is 20.5 Å². The van der Waals surface area contributed by atoms with Gasteiger partial charge in [0.1, 0.15) is 24.1 Å². The molecule has 0 bridgehead atoms. The minimum atomic E-state index is -0.765. The summed E-state index contributed by atoms with van der Waals surface area (Å²) in [6.07, 6.45) is 1.21. The number of carbonyl (C=O) groups is 4. The van der Waals surface area contributed by atoms with Crippen LogP contribution >= 0.6 is 0 Å². The van der Waals surface area contributed by atoms with Crippen molar-refractivity contribution in [3.63, 3.8) is 0 Å². The first kappa shape index (κ1) is 26.9. The van der Waals surface area contributed by atoms with Crippen molar-refractivity contribution in [3.8, 4) is 0 Å². The smallest absolute Gasteiger partial charge is 0.268 e. The third-order valence-corrected chi connectivity index (χ3v) is 8.21. The third-order valence-electron chi connectivity index (χ3n) is 8.21. The molecule has 2 fully saturated rings. The van der Waals surface area contributed by atoms with Gasteiger partial charge in [0.2, 0.25) is 11.8 Å². The second kappa shape index (κ2) is 9.62. The minimum Gasteiger partial charge on any atom is -0.351 e. The molecule has 8 heteroatoms. The predicted molar refractivity (Wildman–Crippen MR) is 143 cm³/mol. The molecular weight excluding hydrogens is 468 g/mol. The fourth-order valence-corrected chi connectivity index (χ4v) is 5.83. The number of benzene rings is 1. The van der Waals surface area contributed by atoms with Crippen LogP contribution in [0.4, 0.5) is 0 Å². The molecule has 200 valence electrons. The summed E-state index contributed by atoms with van der Waals surface area (Å²) in [6.45, 7) is 14.4. The van der Waals surface area contributed by atoms with Gasteiger partial charge < -0.3 is 25.3 Å². The van der Waals surface area contributed by atoms with Crippen LogP contribution in [-0.2, 0) is 14.4 Å². The number of fused-ring (bicyclic) bond motifs is 2. The Balaban J connectivity index is 1.56. The maximum atomic E-state index is 13.9. The molecule has 1 aromatic heterocycles. The summed E-state index contributed by atoms with van der Waals surface area (Å²) in [4.78, 5) is 57.1. The maximum absolute atomic E-state index is 13.9. The number of hydrogen-bond donors (Lipinski definition) is 3. The van der Waals surface area contributed by atoms with Crippen molar-refractivity contribution < 1.29 is 19.2 Å². The zero-order valence-corrected chi connectivity index (χ0v) is 22.9. The molecule has 1 saturated heterocycles. The topological polar surface area (TPSA) is 111 Å². The van der Waals surface area contributed by atoms with Crippen molar-refractivity contribution in [2.24, 2.45) is 28.6 Å².